The zero-order valence-corrected chi connectivity index (χ0v) is 16.6. The molecule has 1 aromatic rings. The zero-order valence-electron chi connectivity index (χ0n) is 15.8. The molecule has 2 saturated heterocycles. The minimum absolute atomic E-state index is 0. The van der Waals surface area contributed by atoms with Crippen LogP contribution in [0.4, 0.5) is 0 Å². The summed E-state index contributed by atoms with van der Waals surface area (Å²) in [5.74, 6) is 1.31. The topological polar surface area (TPSA) is 64.8 Å². The van der Waals surface area contributed by atoms with E-state index in [9.17, 15) is 4.79 Å². The van der Waals surface area contributed by atoms with Crippen LogP contribution < -0.4 is 10.5 Å². The van der Waals surface area contributed by atoms with E-state index in [0.717, 1.165) is 63.3 Å². The second-order valence-corrected chi connectivity index (χ2v) is 7.39. The quantitative estimate of drug-likeness (QED) is 0.869. The Bertz CT molecular complexity index is 597. The maximum absolute atomic E-state index is 12.7. The minimum Gasteiger partial charge on any atom is -0.490 e. The third kappa shape index (κ3) is 5.12. The first-order valence-corrected chi connectivity index (χ1v) is 9.40. The molecule has 2 N–H and O–H groups in total. The van der Waals surface area contributed by atoms with Crippen LogP contribution in [0.25, 0.3) is 0 Å². The number of nitrogens with zero attached hydrogens (tertiary/aromatic N) is 1. The monoisotopic (exact) mass is 382 g/mol. The number of carbonyl (C=O) groups excluding carboxylic acids is 1. The Morgan fingerprint density at radius 3 is 2.50 bits per heavy atom. The molecule has 0 saturated carbocycles. The van der Waals surface area contributed by atoms with E-state index >= 15 is 0 Å². The van der Waals surface area contributed by atoms with Crippen LogP contribution in [-0.2, 0) is 9.53 Å². The van der Waals surface area contributed by atoms with E-state index in [2.05, 4.69) is 32.0 Å². The number of halogens is 1. The molecule has 0 spiro atoms. The van der Waals surface area contributed by atoms with E-state index in [0.29, 0.717) is 0 Å². The highest BCUT2D eigenvalue weighted by molar-refractivity contribution is 5.85. The van der Waals surface area contributed by atoms with Crippen LogP contribution in [0.3, 0.4) is 0 Å². The fourth-order valence-corrected chi connectivity index (χ4v) is 3.70. The van der Waals surface area contributed by atoms with Crippen molar-refractivity contribution in [3.8, 4) is 5.75 Å². The van der Waals surface area contributed by atoms with Gasteiger partial charge in [-0.25, -0.2) is 0 Å². The lowest BCUT2D eigenvalue weighted by atomic mass is 9.91. The summed E-state index contributed by atoms with van der Waals surface area (Å²) in [7, 11) is 0. The van der Waals surface area contributed by atoms with Gasteiger partial charge in [0.15, 0.2) is 0 Å². The number of rotatable bonds is 4. The van der Waals surface area contributed by atoms with Gasteiger partial charge >= 0.3 is 0 Å². The summed E-state index contributed by atoms with van der Waals surface area (Å²) in [5.41, 5.74) is 8.60. The van der Waals surface area contributed by atoms with Crippen LogP contribution in [0.1, 0.15) is 36.8 Å². The Balaban J connectivity index is 0.00000243. The van der Waals surface area contributed by atoms with E-state index in [1.54, 1.807) is 0 Å². The number of ether oxygens (including phenoxy) is 2. The van der Waals surface area contributed by atoms with Crippen molar-refractivity contribution in [1.29, 1.82) is 0 Å². The number of carbonyl (C=O) groups is 1. The second kappa shape index (κ2) is 9.58. The molecule has 5 nitrogen and oxygen atoms in total. The van der Waals surface area contributed by atoms with Gasteiger partial charge in [-0.1, -0.05) is 12.1 Å². The predicted octanol–water partition coefficient (Wildman–Crippen LogP) is 2.85. The Morgan fingerprint density at radius 1 is 1.19 bits per heavy atom. The molecule has 0 bridgehead atoms. The highest BCUT2D eigenvalue weighted by Crippen LogP contribution is 2.25. The van der Waals surface area contributed by atoms with Gasteiger partial charge in [-0.05, 0) is 49.8 Å². The molecule has 26 heavy (non-hydrogen) atoms. The Labute approximate surface area is 162 Å². The van der Waals surface area contributed by atoms with Gasteiger partial charge in [0, 0.05) is 39.1 Å². The third-order valence-electron chi connectivity index (χ3n) is 5.45. The predicted molar refractivity (Wildman–Crippen MR) is 105 cm³/mol. The van der Waals surface area contributed by atoms with Crippen LogP contribution in [0.2, 0.25) is 0 Å². The molecule has 0 aromatic heterocycles. The van der Waals surface area contributed by atoms with Crippen molar-refractivity contribution in [2.75, 3.05) is 26.3 Å². The van der Waals surface area contributed by atoms with Crippen LogP contribution in [0.5, 0.6) is 5.75 Å². The number of amides is 1. The summed E-state index contributed by atoms with van der Waals surface area (Å²) in [5, 5.41) is 0. The zero-order chi connectivity index (χ0) is 17.8. The normalized spacial score (nSPS) is 20.3. The summed E-state index contributed by atoms with van der Waals surface area (Å²) < 4.78 is 11.6. The fourth-order valence-electron chi connectivity index (χ4n) is 3.70. The van der Waals surface area contributed by atoms with Crippen LogP contribution in [0.15, 0.2) is 18.2 Å². The molecular weight excluding hydrogens is 352 g/mol. The second-order valence-electron chi connectivity index (χ2n) is 7.39. The van der Waals surface area contributed by atoms with Crippen LogP contribution >= 0.6 is 12.4 Å². The molecular formula is C20H31ClN2O3. The summed E-state index contributed by atoms with van der Waals surface area (Å²) in [6.45, 7) is 7.04. The molecule has 6 heteroatoms. The molecule has 3 rings (SSSR count). The highest BCUT2D eigenvalue weighted by atomic mass is 35.5. The van der Waals surface area contributed by atoms with Gasteiger partial charge in [0.1, 0.15) is 11.9 Å². The lowest BCUT2D eigenvalue weighted by molar-refractivity contribution is -0.136. The summed E-state index contributed by atoms with van der Waals surface area (Å²) in [4.78, 5) is 14.6. The molecule has 0 radical (unpaired) electrons. The average Bonchev–Trinajstić information content (AvgIpc) is 2.65. The van der Waals surface area contributed by atoms with Gasteiger partial charge in [0.2, 0.25) is 5.91 Å². The smallest absolute Gasteiger partial charge is 0.239 e. The number of nitrogens with two attached hydrogens (primary N) is 1. The summed E-state index contributed by atoms with van der Waals surface area (Å²) in [6.07, 6.45) is 3.67. The molecule has 2 aliphatic heterocycles. The fraction of sp³-hybridized carbons (Fsp3) is 0.650. The Morgan fingerprint density at radius 2 is 1.85 bits per heavy atom. The van der Waals surface area contributed by atoms with E-state index in [4.69, 9.17) is 15.2 Å². The molecule has 1 unspecified atom stereocenters. The summed E-state index contributed by atoms with van der Waals surface area (Å²) in [6, 6.07) is 5.89. The van der Waals surface area contributed by atoms with Gasteiger partial charge in [-0.2, -0.15) is 0 Å². The van der Waals surface area contributed by atoms with E-state index in [-0.39, 0.29) is 36.4 Å². The van der Waals surface area contributed by atoms with Crippen molar-refractivity contribution < 1.29 is 14.3 Å². The standard InChI is InChI=1S/C20H30N2O3.ClH/c1-14-3-4-15(2)18(13-14)25-17-5-9-22(10-6-17)20(23)19(21)16-7-11-24-12-8-16;/h3-4,13,16-17,19H,5-12,21H2,1-2H3;1H. The maximum Gasteiger partial charge on any atom is 0.239 e. The van der Waals surface area contributed by atoms with Crippen LogP contribution in [0, 0.1) is 19.8 Å². The SMILES string of the molecule is Cc1ccc(C)c(OC2CCN(C(=O)C(N)C3CCOCC3)CC2)c1.Cl. The Hall–Kier alpha value is -1.30. The van der Waals surface area contributed by atoms with Crippen molar-refractivity contribution in [3.63, 3.8) is 0 Å². The minimum atomic E-state index is -0.389. The van der Waals surface area contributed by atoms with Gasteiger partial charge in [0.25, 0.3) is 0 Å². The van der Waals surface area contributed by atoms with Crippen molar-refractivity contribution in [2.45, 2.75) is 51.7 Å². The lowest BCUT2D eigenvalue weighted by Crippen LogP contribution is -2.52. The van der Waals surface area contributed by atoms with E-state index in [1.807, 2.05) is 4.90 Å². The number of piperidine rings is 1. The molecule has 0 aliphatic carbocycles. The molecule has 146 valence electrons. The number of aryl methyl sites for hydroxylation is 2. The molecule has 2 fully saturated rings. The maximum atomic E-state index is 12.7. The average molecular weight is 383 g/mol. The number of hydrogen-bond acceptors (Lipinski definition) is 4. The number of benzene rings is 1. The molecule has 2 heterocycles. The van der Waals surface area contributed by atoms with Crippen molar-refractivity contribution >= 4 is 18.3 Å². The lowest BCUT2D eigenvalue weighted by Gasteiger charge is -2.36. The molecule has 1 aromatic carbocycles. The molecule has 2 aliphatic rings. The number of hydrogen-bond donors (Lipinski definition) is 1. The van der Waals surface area contributed by atoms with Crippen LogP contribution in [-0.4, -0.2) is 49.3 Å². The summed E-state index contributed by atoms with van der Waals surface area (Å²) >= 11 is 0. The van der Waals surface area contributed by atoms with Crippen molar-refractivity contribution in [3.05, 3.63) is 29.3 Å². The third-order valence-corrected chi connectivity index (χ3v) is 5.45. The first-order chi connectivity index (χ1) is 12.0. The van der Waals surface area contributed by atoms with Crippen molar-refractivity contribution in [1.82, 2.24) is 4.90 Å². The largest absolute Gasteiger partial charge is 0.490 e. The highest BCUT2D eigenvalue weighted by Gasteiger charge is 2.32. The van der Waals surface area contributed by atoms with E-state index in [1.165, 1.54) is 5.56 Å². The Kier molecular flexibility index (Phi) is 7.74. The van der Waals surface area contributed by atoms with Crippen molar-refractivity contribution in [2.24, 2.45) is 11.7 Å². The first kappa shape index (κ1) is 21.0. The molecule has 1 atom stereocenters. The van der Waals surface area contributed by atoms with Gasteiger partial charge in [-0.3, -0.25) is 4.79 Å². The van der Waals surface area contributed by atoms with Gasteiger partial charge < -0.3 is 20.1 Å². The molecule has 1 amide bonds. The van der Waals surface area contributed by atoms with Gasteiger partial charge in [-0.15, -0.1) is 12.4 Å². The van der Waals surface area contributed by atoms with E-state index < -0.39 is 0 Å². The van der Waals surface area contributed by atoms with Gasteiger partial charge in [0.05, 0.1) is 6.04 Å². The first-order valence-electron chi connectivity index (χ1n) is 9.40. The number of likely N-dealkylation sites (tertiary alicyclic amines) is 1.